The van der Waals surface area contributed by atoms with E-state index in [0.717, 1.165) is 5.75 Å². The van der Waals surface area contributed by atoms with Crippen LogP contribution in [0.4, 0.5) is 0 Å². The molecular weight excluding hydrogens is 230 g/mol. The number of rotatable bonds is 5. The second kappa shape index (κ2) is 10.6. The molecule has 0 aliphatic carbocycles. The minimum atomic E-state index is -0.980. The van der Waals surface area contributed by atoms with Crippen molar-refractivity contribution >= 4 is 35.3 Å². The maximum absolute atomic E-state index is 10.1. The Morgan fingerprint density at radius 3 is 2.14 bits per heavy atom. The second-order valence-electron chi connectivity index (χ2n) is 2.25. The molecule has 0 radical (unpaired) electrons. The van der Waals surface area contributed by atoms with E-state index in [-0.39, 0.29) is 5.88 Å². The van der Waals surface area contributed by atoms with E-state index < -0.39 is 18.0 Å². The smallest absolute Gasteiger partial charge is 0.320 e. The van der Waals surface area contributed by atoms with Crippen LogP contribution in [0.1, 0.15) is 6.42 Å². The second-order valence-corrected chi connectivity index (χ2v) is 3.51. The molecule has 0 bridgehead atoms. The zero-order valence-corrected chi connectivity index (χ0v) is 9.35. The number of hydrogen-bond acceptors (Lipinski definition) is 4. The fraction of sp³-hybridized carbons (Fsp3) is 0.714. The van der Waals surface area contributed by atoms with Crippen LogP contribution >= 0.6 is 23.4 Å². The Balaban J connectivity index is 0. The SMILES string of the molecule is CSCC[C@H](N)C(=O)O.O=C(O)CCl. The van der Waals surface area contributed by atoms with Gasteiger partial charge in [0.25, 0.3) is 0 Å². The summed E-state index contributed by atoms with van der Waals surface area (Å²) in [6, 6.07) is -0.683. The maximum atomic E-state index is 10.1. The molecule has 84 valence electrons. The Kier molecular flexibility index (Phi) is 12.1. The molecule has 0 unspecified atom stereocenters. The van der Waals surface area contributed by atoms with Gasteiger partial charge in [-0.05, 0) is 18.4 Å². The number of alkyl halides is 1. The highest BCUT2D eigenvalue weighted by Gasteiger charge is 2.08. The fourth-order valence-electron chi connectivity index (χ4n) is 0.368. The van der Waals surface area contributed by atoms with Crippen molar-refractivity contribution in [1.29, 1.82) is 0 Å². The molecule has 5 nitrogen and oxygen atoms in total. The van der Waals surface area contributed by atoms with Gasteiger partial charge in [-0.1, -0.05) is 0 Å². The van der Waals surface area contributed by atoms with Gasteiger partial charge in [0, 0.05) is 0 Å². The lowest BCUT2D eigenvalue weighted by Crippen LogP contribution is -2.30. The number of carboxylic acid groups (broad SMARTS) is 2. The lowest BCUT2D eigenvalue weighted by molar-refractivity contribution is -0.138. The molecule has 0 amide bonds. The number of hydrogen-bond donors (Lipinski definition) is 3. The predicted octanol–water partition coefficient (Wildman–Crippen LogP) is 0.461. The highest BCUT2D eigenvalue weighted by molar-refractivity contribution is 7.98. The van der Waals surface area contributed by atoms with Crippen LogP contribution in [0.15, 0.2) is 0 Å². The Labute approximate surface area is 91.6 Å². The van der Waals surface area contributed by atoms with Gasteiger partial charge in [0.15, 0.2) is 0 Å². The van der Waals surface area contributed by atoms with Gasteiger partial charge in [0.1, 0.15) is 11.9 Å². The summed E-state index contributed by atoms with van der Waals surface area (Å²) in [6.07, 6.45) is 2.48. The molecule has 0 saturated carbocycles. The quantitative estimate of drug-likeness (QED) is 0.607. The zero-order chi connectivity index (χ0) is 11.6. The molecule has 4 N–H and O–H groups in total. The fourth-order valence-corrected chi connectivity index (χ4v) is 0.858. The van der Waals surface area contributed by atoms with Crippen molar-refractivity contribution in [2.45, 2.75) is 12.5 Å². The van der Waals surface area contributed by atoms with Crippen LogP contribution in [-0.4, -0.2) is 46.1 Å². The van der Waals surface area contributed by atoms with Crippen molar-refractivity contribution in [3.05, 3.63) is 0 Å². The van der Waals surface area contributed by atoms with Gasteiger partial charge < -0.3 is 15.9 Å². The van der Waals surface area contributed by atoms with Crippen molar-refractivity contribution in [2.75, 3.05) is 17.9 Å². The third-order valence-electron chi connectivity index (χ3n) is 1.06. The molecule has 7 heteroatoms. The zero-order valence-electron chi connectivity index (χ0n) is 7.77. The number of halogens is 1. The highest BCUT2D eigenvalue weighted by atomic mass is 35.5. The number of thioether (sulfide) groups is 1. The highest BCUT2D eigenvalue weighted by Crippen LogP contribution is 1.97. The molecule has 14 heavy (non-hydrogen) atoms. The van der Waals surface area contributed by atoms with Crippen LogP contribution in [0, 0.1) is 0 Å². The number of nitrogens with two attached hydrogens (primary N) is 1. The summed E-state index contributed by atoms with van der Waals surface area (Å²) in [5, 5.41) is 15.9. The average molecular weight is 244 g/mol. The summed E-state index contributed by atoms with van der Waals surface area (Å²) in [6.45, 7) is 0. The molecule has 0 fully saturated rings. The van der Waals surface area contributed by atoms with Crippen LogP contribution in [0.25, 0.3) is 0 Å². The average Bonchev–Trinajstić information content (AvgIpc) is 2.14. The molecule has 0 aromatic carbocycles. The minimum absolute atomic E-state index is 0.306. The standard InChI is InChI=1S/C5H11NO2S.C2H3ClO2/c1-9-3-2-4(6)5(7)8;3-1-2(4)5/h4H,2-3,6H2,1H3,(H,7,8);1H2,(H,4,5)/t4-;/m0./s1. The Hall–Kier alpha value is -0.460. The van der Waals surface area contributed by atoms with E-state index in [4.69, 9.17) is 27.5 Å². The molecule has 0 aliphatic rings. The van der Waals surface area contributed by atoms with E-state index >= 15 is 0 Å². The van der Waals surface area contributed by atoms with E-state index in [1.165, 1.54) is 0 Å². The van der Waals surface area contributed by atoms with Gasteiger partial charge >= 0.3 is 11.9 Å². The summed E-state index contributed by atoms with van der Waals surface area (Å²) < 4.78 is 0. The molecule has 0 rings (SSSR count). The first-order chi connectivity index (χ1) is 6.45. The van der Waals surface area contributed by atoms with Gasteiger partial charge in [0.05, 0.1) is 0 Å². The number of carbonyl (C=O) groups is 2. The van der Waals surface area contributed by atoms with E-state index in [9.17, 15) is 9.59 Å². The van der Waals surface area contributed by atoms with E-state index in [2.05, 4.69) is 0 Å². The van der Waals surface area contributed by atoms with Gasteiger partial charge in [-0.25, -0.2) is 0 Å². The van der Waals surface area contributed by atoms with Gasteiger partial charge in [-0.15, -0.1) is 11.6 Å². The molecular formula is C7H14ClNO4S. The summed E-state index contributed by atoms with van der Waals surface area (Å²) in [4.78, 5) is 19.3. The molecule has 0 heterocycles. The summed E-state index contributed by atoms with van der Waals surface area (Å²) >= 11 is 6.34. The molecule has 0 spiro atoms. The Bertz CT molecular complexity index is 179. The van der Waals surface area contributed by atoms with Crippen LogP contribution in [-0.2, 0) is 9.59 Å². The van der Waals surface area contributed by atoms with Crippen LogP contribution in [0.3, 0.4) is 0 Å². The third kappa shape index (κ3) is 14.1. The first-order valence-corrected chi connectivity index (χ1v) is 5.63. The molecule has 0 saturated heterocycles. The largest absolute Gasteiger partial charge is 0.480 e. The van der Waals surface area contributed by atoms with Crippen molar-refractivity contribution in [1.82, 2.24) is 0 Å². The van der Waals surface area contributed by atoms with E-state index in [0.29, 0.717) is 6.42 Å². The summed E-state index contributed by atoms with van der Waals surface area (Å²) in [5.41, 5.74) is 5.19. The van der Waals surface area contributed by atoms with Gasteiger partial charge in [-0.2, -0.15) is 11.8 Å². The Morgan fingerprint density at radius 2 is 1.93 bits per heavy atom. The molecule has 0 aromatic heterocycles. The first kappa shape index (κ1) is 16.0. The van der Waals surface area contributed by atoms with Gasteiger partial charge in [-0.3, -0.25) is 9.59 Å². The van der Waals surface area contributed by atoms with Crippen molar-refractivity contribution < 1.29 is 19.8 Å². The molecule has 0 aliphatic heterocycles. The van der Waals surface area contributed by atoms with Gasteiger partial charge in [0.2, 0.25) is 0 Å². The van der Waals surface area contributed by atoms with E-state index in [1.54, 1.807) is 11.8 Å². The lowest BCUT2D eigenvalue weighted by atomic mass is 10.2. The van der Waals surface area contributed by atoms with E-state index in [1.807, 2.05) is 6.26 Å². The van der Waals surface area contributed by atoms with Crippen LogP contribution in [0.5, 0.6) is 0 Å². The number of aliphatic carboxylic acids is 2. The minimum Gasteiger partial charge on any atom is -0.480 e. The van der Waals surface area contributed by atoms with Crippen LogP contribution < -0.4 is 5.73 Å². The summed E-state index contributed by atoms with van der Waals surface area (Å²) in [7, 11) is 0. The third-order valence-corrected chi connectivity index (χ3v) is 1.94. The number of carboxylic acids is 2. The van der Waals surface area contributed by atoms with Crippen molar-refractivity contribution in [2.24, 2.45) is 5.73 Å². The normalized spacial score (nSPS) is 11.1. The van der Waals surface area contributed by atoms with Crippen molar-refractivity contribution in [3.8, 4) is 0 Å². The molecule has 1 atom stereocenters. The maximum Gasteiger partial charge on any atom is 0.320 e. The predicted molar refractivity (Wildman–Crippen MR) is 57.0 cm³/mol. The first-order valence-electron chi connectivity index (χ1n) is 3.70. The summed E-state index contributed by atoms with van der Waals surface area (Å²) in [5.74, 6) is -1.39. The molecule has 0 aromatic rings. The topological polar surface area (TPSA) is 101 Å². The van der Waals surface area contributed by atoms with Crippen molar-refractivity contribution in [3.63, 3.8) is 0 Å². The lowest BCUT2D eigenvalue weighted by Gasteiger charge is -2.02. The Morgan fingerprint density at radius 1 is 1.50 bits per heavy atom. The monoisotopic (exact) mass is 243 g/mol. The van der Waals surface area contributed by atoms with Crippen LogP contribution in [0.2, 0.25) is 0 Å².